The molecule has 0 unspecified atom stereocenters. The van der Waals surface area contributed by atoms with Crippen molar-refractivity contribution in [3.8, 4) is 5.88 Å². The second-order valence-corrected chi connectivity index (χ2v) is 5.39. The third kappa shape index (κ3) is 3.13. The molecule has 110 valence electrons. The van der Waals surface area contributed by atoms with Gasteiger partial charge in [0.05, 0.1) is 11.1 Å². The number of aromatic nitrogens is 1. The van der Waals surface area contributed by atoms with E-state index < -0.39 is 5.97 Å². The molecule has 5 heteroatoms. The van der Waals surface area contributed by atoms with Crippen LogP contribution >= 0.6 is 0 Å². The average molecular weight is 286 g/mol. The fourth-order valence-electron chi connectivity index (χ4n) is 2.40. The number of fused-ring (bicyclic) bond motifs is 1. The van der Waals surface area contributed by atoms with Gasteiger partial charge >= 0.3 is 5.97 Å². The number of hydrogen-bond acceptors (Lipinski definition) is 4. The first-order chi connectivity index (χ1) is 10.1. The summed E-state index contributed by atoms with van der Waals surface area (Å²) in [5, 5.41) is 9.78. The minimum absolute atomic E-state index is 0.264. The third-order valence-electron chi connectivity index (χ3n) is 3.80. The van der Waals surface area contributed by atoms with Gasteiger partial charge in [-0.25, -0.2) is 9.78 Å². The standard InChI is InChI=1S/C16H18N2O3/c1-18(11-5-6-11)9-10-21-15-8-7-12-13(16(19)20)3-2-4-14(12)17-15/h2-4,7-8,11H,5-6,9-10H2,1H3,(H,19,20). The molecule has 21 heavy (non-hydrogen) atoms. The number of rotatable bonds is 6. The normalized spacial score (nSPS) is 14.6. The SMILES string of the molecule is CN(CCOc1ccc2c(C(=O)O)cccc2n1)C1CC1. The number of ether oxygens (including phenoxy) is 1. The molecular weight excluding hydrogens is 268 g/mol. The van der Waals surface area contributed by atoms with Crippen molar-refractivity contribution in [2.24, 2.45) is 0 Å². The van der Waals surface area contributed by atoms with Gasteiger partial charge in [-0.05, 0) is 38.1 Å². The van der Waals surface area contributed by atoms with E-state index >= 15 is 0 Å². The van der Waals surface area contributed by atoms with E-state index in [1.165, 1.54) is 12.8 Å². The van der Waals surface area contributed by atoms with Crippen molar-refractivity contribution < 1.29 is 14.6 Å². The largest absolute Gasteiger partial charge is 0.478 e. The van der Waals surface area contributed by atoms with Crippen molar-refractivity contribution in [3.63, 3.8) is 0 Å². The predicted octanol–water partition coefficient (Wildman–Crippen LogP) is 2.41. The van der Waals surface area contributed by atoms with Crippen molar-refractivity contribution >= 4 is 16.9 Å². The monoisotopic (exact) mass is 286 g/mol. The van der Waals surface area contributed by atoms with Crippen molar-refractivity contribution in [2.45, 2.75) is 18.9 Å². The van der Waals surface area contributed by atoms with E-state index in [9.17, 15) is 4.79 Å². The van der Waals surface area contributed by atoms with Gasteiger partial charge in [0.15, 0.2) is 0 Å². The van der Waals surface area contributed by atoms with Crippen LogP contribution < -0.4 is 4.74 Å². The van der Waals surface area contributed by atoms with Crippen LogP contribution in [0.3, 0.4) is 0 Å². The summed E-state index contributed by atoms with van der Waals surface area (Å²) in [7, 11) is 2.11. The van der Waals surface area contributed by atoms with Gasteiger partial charge in [-0.1, -0.05) is 6.07 Å². The van der Waals surface area contributed by atoms with Crippen LogP contribution in [0.2, 0.25) is 0 Å². The Morgan fingerprint density at radius 3 is 2.90 bits per heavy atom. The quantitative estimate of drug-likeness (QED) is 0.883. The zero-order chi connectivity index (χ0) is 14.8. The molecular formula is C16H18N2O3. The smallest absolute Gasteiger partial charge is 0.336 e. The highest BCUT2D eigenvalue weighted by Gasteiger charge is 2.25. The van der Waals surface area contributed by atoms with E-state index in [1.807, 2.05) is 0 Å². The van der Waals surface area contributed by atoms with Gasteiger partial charge in [0.2, 0.25) is 5.88 Å². The second kappa shape index (κ2) is 5.69. The van der Waals surface area contributed by atoms with Crippen LogP contribution in [0.25, 0.3) is 10.9 Å². The Hall–Kier alpha value is -2.14. The van der Waals surface area contributed by atoms with Gasteiger partial charge in [0.1, 0.15) is 6.61 Å². The molecule has 0 saturated heterocycles. The fourth-order valence-corrected chi connectivity index (χ4v) is 2.40. The molecule has 1 heterocycles. The molecule has 1 saturated carbocycles. The maximum absolute atomic E-state index is 11.2. The number of carbonyl (C=O) groups is 1. The summed E-state index contributed by atoms with van der Waals surface area (Å²) in [5.41, 5.74) is 0.906. The van der Waals surface area contributed by atoms with E-state index in [4.69, 9.17) is 9.84 Å². The average Bonchev–Trinajstić information content (AvgIpc) is 3.30. The van der Waals surface area contributed by atoms with Crippen LogP contribution in [-0.2, 0) is 0 Å². The zero-order valence-electron chi connectivity index (χ0n) is 12.0. The fraction of sp³-hybridized carbons (Fsp3) is 0.375. The molecule has 3 rings (SSSR count). The Bertz CT molecular complexity index is 668. The summed E-state index contributed by atoms with van der Waals surface area (Å²) < 4.78 is 5.66. The number of likely N-dealkylation sites (N-methyl/N-ethyl adjacent to an activating group) is 1. The summed E-state index contributed by atoms with van der Waals surface area (Å²) in [5.74, 6) is -0.406. The van der Waals surface area contributed by atoms with Crippen molar-refractivity contribution in [3.05, 3.63) is 35.9 Å². The number of aromatic carboxylic acids is 1. The van der Waals surface area contributed by atoms with Crippen LogP contribution in [0.4, 0.5) is 0 Å². The van der Waals surface area contributed by atoms with Crippen LogP contribution in [0, 0.1) is 0 Å². The van der Waals surface area contributed by atoms with E-state index in [0.717, 1.165) is 12.6 Å². The number of carboxylic acids is 1. The molecule has 1 N–H and O–H groups in total. The van der Waals surface area contributed by atoms with Gasteiger partial charge in [-0.15, -0.1) is 0 Å². The van der Waals surface area contributed by atoms with E-state index in [1.54, 1.807) is 30.3 Å². The lowest BCUT2D eigenvalue weighted by Crippen LogP contribution is -2.26. The molecule has 1 aromatic heterocycles. The first kappa shape index (κ1) is 13.8. The van der Waals surface area contributed by atoms with Crippen LogP contribution in [0.15, 0.2) is 30.3 Å². The number of benzene rings is 1. The van der Waals surface area contributed by atoms with Gasteiger partial charge in [0.25, 0.3) is 0 Å². The Balaban J connectivity index is 1.70. The van der Waals surface area contributed by atoms with Crippen LogP contribution in [0.5, 0.6) is 5.88 Å². The Kier molecular flexibility index (Phi) is 3.75. The first-order valence-corrected chi connectivity index (χ1v) is 7.11. The minimum Gasteiger partial charge on any atom is -0.478 e. The van der Waals surface area contributed by atoms with Gasteiger partial charge in [-0.2, -0.15) is 0 Å². The van der Waals surface area contributed by atoms with Crippen LogP contribution in [0.1, 0.15) is 23.2 Å². The van der Waals surface area contributed by atoms with E-state index in [-0.39, 0.29) is 5.56 Å². The maximum Gasteiger partial charge on any atom is 0.336 e. The van der Waals surface area contributed by atoms with E-state index in [2.05, 4.69) is 16.9 Å². The molecule has 1 aromatic carbocycles. The highest BCUT2D eigenvalue weighted by molar-refractivity contribution is 6.02. The molecule has 0 radical (unpaired) electrons. The molecule has 1 aliphatic carbocycles. The van der Waals surface area contributed by atoms with Crippen molar-refractivity contribution in [1.29, 1.82) is 0 Å². The number of hydrogen-bond donors (Lipinski definition) is 1. The maximum atomic E-state index is 11.2. The Morgan fingerprint density at radius 2 is 2.19 bits per heavy atom. The lowest BCUT2D eigenvalue weighted by molar-refractivity contribution is 0.0699. The summed E-state index contributed by atoms with van der Waals surface area (Å²) in [4.78, 5) is 17.8. The van der Waals surface area contributed by atoms with Crippen LogP contribution in [-0.4, -0.2) is 47.2 Å². The molecule has 0 bridgehead atoms. The number of pyridine rings is 1. The highest BCUT2D eigenvalue weighted by atomic mass is 16.5. The second-order valence-electron chi connectivity index (χ2n) is 5.39. The summed E-state index contributed by atoms with van der Waals surface area (Å²) in [6.07, 6.45) is 2.56. The lowest BCUT2D eigenvalue weighted by atomic mass is 10.1. The van der Waals surface area contributed by atoms with Crippen molar-refractivity contribution in [1.82, 2.24) is 9.88 Å². The molecule has 0 atom stereocenters. The molecule has 2 aromatic rings. The topological polar surface area (TPSA) is 62.7 Å². The van der Waals surface area contributed by atoms with E-state index in [0.29, 0.717) is 23.4 Å². The Morgan fingerprint density at radius 1 is 1.38 bits per heavy atom. The summed E-state index contributed by atoms with van der Waals surface area (Å²) >= 11 is 0. The predicted molar refractivity (Wildman–Crippen MR) is 79.8 cm³/mol. The Labute approximate surface area is 123 Å². The molecule has 1 aliphatic rings. The van der Waals surface area contributed by atoms with Crippen molar-refractivity contribution in [2.75, 3.05) is 20.2 Å². The third-order valence-corrected chi connectivity index (χ3v) is 3.80. The first-order valence-electron chi connectivity index (χ1n) is 7.11. The molecule has 0 aliphatic heterocycles. The lowest BCUT2D eigenvalue weighted by Gasteiger charge is -2.15. The number of nitrogens with zero attached hydrogens (tertiary/aromatic N) is 2. The number of carboxylic acid groups (broad SMARTS) is 1. The molecule has 1 fully saturated rings. The molecule has 5 nitrogen and oxygen atoms in total. The molecule has 0 spiro atoms. The summed E-state index contributed by atoms with van der Waals surface area (Å²) in [6, 6.07) is 9.28. The minimum atomic E-state index is -0.942. The van der Waals surface area contributed by atoms with Gasteiger partial charge < -0.3 is 14.7 Å². The van der Waals surface area contributed by atoms with Gasteiger partial charge in [-0.3, -0.25) is 0 Å². The van der Waals surface area contributed by atoms with Gasteiger partial charge in [0, 0.05) is 24.0 Å². The highest BCUT2D eigenvalue weighted by Crippen LogP contribution is 2.25. The zero-order valence-corrected chi connectivity index (χ0v) is 12.0. The summed E-state index contributed by atoms with van der Waals surface area (Å²) in [6.45, 7) is 1.46. The molecule has 0 amide bonds.